The lowest BCUT2D eigenvalue weighted by Gasteiger charge is -2.20. The van der Waals surface area contributed by atoms with Crippen LogP contribution in [0, 0.1) is 0 Å². The molecule has 1 aromatic rings. The second kappa shape index (κ2) is 6.48. The highest BCUT2D eigenvalue weighted by molar-refractivity contribution is 5.95. The number of benzene rings is 1. The molecule has 2 aliphatic heterocycles. The Labute approximate surface area is 130 Å². The van der Waals surface area contributed by atoms with Crippen LogP contribution in [0.15, 0.2) is 24.3 Å². The number of carbonyl (C=O) groups is 2. The minimum absolute atomic E-state index is 0.0485. The first kappa shape index (κ1) is 15.0. The number of ether oxygens (including phenoxy) is 1. The maximum atomic E-state index is 12.1. The summed E-state index contributed by atoms with van der Waals surface area (Å²) in [5, 5.41) is 3.00. The Bertz CT molecular complexity index is 567. The molecule has 3 rings (SSSR count). The van der Waals surface area contributed by atoms with E-state index in [9.17, 15) is 9.59 Å². The van der Waals surface area contributed by atoms with Crippen molar-refractivity contribution in [3.63, 3.8) is 0 Å². The summed E-state index contributed by atoms with van der Waals surface area (Å²) in [5.74, 6) is 0.126. The summed E-state index contributed by atoms with van der Waals surface area (Å²) < 4.78 is 5.41. The fraction of sp³-hybridized carbons (Fsp3) is 0.529. The van der Waals surface area contributed by atoms with Crippen LogP contribution in [0.25, 0.3) is 0 Å². The van der Waals surface area contributed by atoms with Crippen molar-refractivity contribution in [1.29, 1.82) is 0 Å². The molecule has 22 heavy (non-hydrogen) atoms. The van der Waals surface area contributed by atoms with Gasteiger partial charge in [0.25, 0.3) is 0 Å². The quantitative estimate of drug-likeness (QED) is 0.927. The van der Waals surface area contributed by atoms with E-state index in [1.54, 1.807) is 0 Å². The van der Waals surface area contributed by atoms with Gasteiger partial charge in [-0.05, 0) is 43.9 Å². The van der Waals surface area contributed by atoms with E-state index in [2.05, 4.69) is 5.32 Å². The summed E-state index contributed by atoms with van der Waals surface area (Å²) in [6, 6.07) is 7.75. The molecule has 1 aromatic carbocycles. The van der Waals surface area contributed by atoms with Gasteiger partial charge in [0.15, 0.2) is 0 Å². The van der Waals surface area contributed by atoms with Gasteiger partial charge < -0.3 is 15.0 Å². The average molecular weight is 302 g/mol. The number of hydrogen-bond acceptors (Lipinski definition) is 3. The lowest BCUT2D eigenvalue weighted by atomic mass is 10.1. The van der Waals surface area contributed by atoms with Crippen molar-refractivity contribution in [1.82, 2.24) is 5.32 Å². The summed E-state index contributed by atoms with van der Waals surface area (Å²) in [4.78, 5) is 25.8. The Morgan fingerprint density at radius 1 is 1.41 bits per heavy atom. The Kier molecular flexibility index (Phi) is 4.43. The maximum Gasteiger partial charge on any atom is 0.249 e. The molecular weight excluding hydrogens is 280 g/mol. The first-order valence-corrected chi connectivity index (χ1v) is 7.97. The van der Waals surface area contributed by atoms with Gasteiger partial charge in [-0.25, -0.2) is 0 Å². The number of anilines is 1. The predicted molar refractivity (Wildman–Crippen MR) is 83.6 cm³/mol. The van der Waals surface area contributed by atoms with Crippen molar-refractivity contribution in [2.45, 2.75) is 44.8 Å². The van der Waals surface area contributed by atoms with E-state index < -0.39 is 0 Å². The lowest BCUT2D eigenvalue weighted by molar-refractivity contribution is -0.130. The zero-order valence-corrected chi connectivity index (χ0v) is 12.9. The van der Waals surface area contributed by atoms with E-state index in [0.29, 0.717) is 13.0 Å². The molecule has 2 aliphatic rings. The van der Waals surface area contributed by atoms with E-state index in [1.807, 2.05) is 36.1 Å². The van der Waals surface area contributed by atoms with Crippen molar-refractivity contribution >= 4 is 17.5 Å². The highest BCUT2D eigenvalue weighted by Gasteiger charge is 2.25. The molecular formula is C17H22N2O3. The summed E-state index contributed by atoms with van der Waals surface area (Å²) in [5.41, 5.74) is 1.92. The highest BCUT2D eigenvalue weighted by Crippen LogP contribution is 2.25. The van der Waals surface area contributed by atoms with Crippen molar-refractivity contribution in [3.8, 4) is 0 Å². The molecule has 0 unspecified atom stereocenters. The van der Waals surface area contributed by atoms with E-state index in [1.165, 1.54) is 0 Å². The molecule has 2 heterocycles. The van der Waals surface area contributed by atoms with Crippen LogP contribution >= 0.6 is 0 Å². The molecule has 118 valence electrons. The van der Waals surface area contributed by atoms with Crippen LogP contribution in [0.4, 0.5) is 5.69 Å². The van der Waals surface area contributed by atoms with Crippen molar-refractivity contribution in [2.75, 3.05) is 18.1 Å². The molecule has 2 atom stereocenters. The van der Waals surface area contributed by atoms with E-state index >= 15 is 0 Å². The van der Waals surface area contributed by atoms with E-state index in [4.69, 9.17) is 4.74 Å². The average Bonchev–Trinajstić information content (AvgIpc) is 3.18. The summed E-state index contributed by atoms with van der Waals surface area (Å²) >= 11 is 0. The number of hydrogen-bond donors (Lipinski definition) is 1. The third-order valence-corrected chi connectivity index (χ3v) is 4.34. The van der Waals surface area contributed by atoms with Crippen LogP contribution < -0.4 is 10.2 Å². The number of nitrogens with one attached hydrogen (secondary N) is 1. The van der Waals surface area contributed by atoms with E-state index in [-0.39, 0.29) is 24.0 Å². The smallest absolute Gasteiger partial charge is 0.249 e. The molecule has 2 amide bonds. The summed E-state index contributed by atoms with van der Waals surface area (Å²) in [6.45, 7) is 3.40. The number of carbonyl (C=O) groups excluding carboxylic acids is 2. The SMILES string of the molecule is C[C@H](NC(=O)[C@H]1CCCO1)c1cccc(N2CCCC2=O)c1. The molecule has 0 radical (unpaired) electrons. The normalized spacial score (nSPS) is 22.9. The number of amides is 2. The third kappa shape index (κ3) is 3.14. The first-order valence-electron chi connectivity index (χ1n) is 7.97. The Morgan fingerprint density at radius 2 is 2.27 bits per heavy atom. The molecule has 5 nitrogen and oxygen atoms in total. The minimum Gasteiger partial charge on any atom is -0.368 e. The van der Waals surface area contributed by atoms with Gasteiger partial charge in [-0.15, -0.1) is 0 Å². The number of nitrogens with zero attached hydrogens (tertiary/aromatic N) is 1. The monoisotopic (exact) mass is 302 g/mol. The topological polar surface area (TPSA) is 58.6 Å². The summed E-state index contributed by atoms with van der Waals surface area (Å²) in [6.07, 6.45) is 2.95. The highest BCUT2D eigenvalue weighted by atomic mass is 16.5. The van der Waals surface area contributed by atoms with Gasteiger partial charge in [0, 0.05) is 25.3 Å². The standard InChI is InChI=1S/C17H22N2O3/c1-12(18-17(21)15-7-4-10-22-15)13-5-2-6-14(11-13)19-9-3-8-16(19)20/h2,5-6,11-12,15H,3-4,7-10H2,1H3,(H,18,21)/t12-,15+/m0/s1. The molecule has 1 N–H and O–H groups in total. The molecule has 2 saturated heterocycles. The second-order valence-corrected chi connectivity index (χ2v) is 5.98. The van der Waals surface area contributed by atoms with Gasteiger partial charge in [-0.2, -0.15) is 0 Å². The van der Waals surface area contributed by atoms with Crippen molar-refractivity contribution in [3.05, 3.63) is 29.8 Å². The predicted octanol–water partition coefficient (Wildman–Crippen LogP) is 2.17. The summed E-state index contributed by atoms with van der Waals surface area (Å²) in [7, 11) is 0. The van der Waals surface area contributed by atoms with Crippen LogP contribution in [0.5, 0.6) is 0 Å². The molecule has 0 aliphatic carbocycles. The zero-order chi connectivity index (χ0) is 15.5. The Morgan fingerprint density at radius 3 is 2.95 bits per heavy atom. The van der Waals surface area contributed by atoms with Gasteiger partial charge in [-0.3, -0.25) is 9.59 Å². The Balaban J connectivity index is 1.68. The van der Waals surface area contributed by atoms with Crippen LogP contribution in [0.2, 0.25) is 0 Å². The van der Waals surface area contributed by atoms with Crippen LogP contribution in [-0.2, 0) is 14.3 Å². The molecule has 2 fully saturated rings. The molecule has 5 heteroatoms. The van der Waals surface area contributed by atoms with Gasteiger partial charge in [0.2, 0.25) is 11.8 Å². The van der Waals surface area contributed by atoms with Gasteiger partial charge in [0.05, 0.1) is 6.04 Å². The molecule has 0 spiro atoms. The van der Waals surface area contributed by atoms with Crippen LogP contribution in [0.1, 0.15) is 44.2 Å². The van der Waals surface area contributed by atoms with Gasteiger partial charge in [0.1, 0.15) is 6.10 Å². The molecule has 0 bridgehead atoms. The second-order valence-electron chi connectivity index (χ2n) is 5.98. The fourth-order valence-corrected chi connectivity index (χ4v) is 3.06. The zero-order valence-electron chi connectivity index (χ0n) is 12.9. The van der Waals surface area contributed by atoms with Gasteiger partial charge in [-0.1, -0.05) is 12.1 Å². The minimum atomic E-state index is -0.314. The maximum absolute atomic E-state index is 12.1. The third-order valence-electron chi connectivity index (χ3n) is 4.34. The van der Waals surface area contributed by atoms with Crippen molar-refractivity contribution in [2.24, 2.45) is 0 Å². The lowest BCUT2D eigenvalue weighted by Crippen LogP contribution is -2.35. The number of rotatable bonds is 4. The largest absolute Gasteiger partial charge is 0.368 e. The van der Waals surface area contributed by atoms with Gasteiger partial charge >= 0.3 is 0 Å². The Hall–Kier alpha value is -1.88. The first-order chi connectivity index (χ1) is 10.6. The van der Waals surface area contributed by atoms with E-state index in [0.717, 1.165) is 37.1 Å². The van der Waals surface area contributed by atoms with Crippen LogP contribution in [-0.4, -0.2) is 31.1 Å². The van der Waals surface area contributed by atoms with Crippen molar-refractivity contribution < 1.29 is 14.3 Å². The molecule has 0 aromatic heterocycles. The fourth-order valence-electron chi connectivity index (χ4n) is 3.06. The van der Waals surface area contributed by atoms with Crippen LogP contribution in [0.3, 0.4) is 0 Å². The molecule has 0 saturated carbocycles.